The number of nitrogens with zero attached hydrogens (tertiary/aromatic N) is 1. The van der Waals surface area contributed by atoms with Crippen molar-refractivity contribution < 1.29 is 0 Å². The van der Waals surface area contributed by atoms with E-state index in [2.05, 4.69) is 4.98 Å². The summed E-state index contributed by atoms with van der Waals surface area (Å²) < 4.78 is 0.606. The highest BCUT2D eigenvalue weighted by molar-refractivity contribution is 7.13. The first kappa shape index (κ1) is 7.92. The SMILES string of the molecule is CC.Clc1nccs1. The molecule has 1 aromatic rings. The van der Waals surface area contributed by atoms with Crippen molar-refractivity contribution in [1.82, 2.24) is 4.98 Å². The van der Waals surface area contributed by atoms with Gasteiger partial charge in [0.1, 0.15) is 0 Å². The number of halogens is 1. The Bertz CT molecular complexity index is 116. The molecule has 0 spiro atoms. The fourth-order valence-electron chi connectivity index (χ4n) is 0.206. The fourth-order valence-corrected chi connectivity index (χ4v) is 0.772. The van der Waals surface area contributed by atoms with E-state index < -0.39 is 0 Å². The highest BCUT2D eigenvalue weighted by Crippen LogP contribution is 2.08. The highest BCUT2D eigenvalue weighted by Gasteiger charge is 1.79. The van der Waals surface area contributed by atoms with Crippen molar-refractivity contribution in [3.63, 3.8) is 0 Å². The molecule has 0 saturated carbocycles. The molecule has 1 rings (SSSR count). The topological polar surface area (TPSA) is 12.9 Å². The van der Waals surface area contributed by atoms with E-state index in [4.69, 9.17) is 11.6 Å². The summed E-state index contributed by atoms with van der Waals surface area (Å²) in [5.74, 6) is 0. The summed E-state index contributed by atoms with van der Waals surface area (Å²) in [6, 6.07) is 0. The van der Waals surface area contributed by atoms with Crippen molar-refractivity contribution in [2.24, 2.45) is 0 Å². The third-order valence-corrected chi connectivity index (χ3v) is 1.32. The van der Waals surface area contributed by atoms with Gasteiger partial charge in [-0.2, -0.15) is 0 Å². The van der Waals surface area contributed by atoms with Gasteiger partial charge in [0.2, 0.25) is 0 Å². The van der Waals surface area contributed by atoms with Crippen LogP contribution in [0.25, 0.3) is 0 Å². The minimum Gasteiger partial charge on any atom is -0.234 e. The molecule has 0 aliphatic carbocycles. The molecule has 0 amide bonds. The molecule has 0 aliphatic heterocycles. The Balaban J connectivity index is 0.000000222. The van der Waals surface area contributed by atoms with Crippen LogP contribution in [0.2, 0.25) is 4.47 Å². The highest BCUT2D eigenvalue weighted by atomic mass is 35.5. The zero-order chi connectivity index (χ0) is 6.41. The molecule has 0 unspecified atom stereocenters. The zero-order valence-electron chi connectivity index (χ0n) is 4.89. The van der Waals surface area contributed by atoms with Gasteiger partial charge in [0.05, 0.1) is 0 Å². The summed E-state index contributed by atoms with van der Waals surface area (Å²) >= 11 is 6.79. The minimum absolute atomic E-state index is 0.606. The third-order valence-electron chi connectivity index (χ3n) is 0.402. The summed E-state index contributed by atoms with van der Waals surface area (Å²) in [4.78, 5) is 3.70. The number of hydrogen-bond donors (Lipinski definition) is 0. The van der Waals surface area contributed by atoms with E-state index >= 15 is 0 Å². The quantitative estimate of drug-likeness (QED) is 0.553. The van der Waals surface area contributed by atoms with E-state index in [1.54, 1.807) is 6.20 Å². The molecular weight excluding hydrogens is 142 g/mol. The summed E-state index contributed by atoms with van der Waals surface area (Å²) in [6.07, 6.45) is 1.67. The lowest BCUT2D eigenvalue weighted by Crippen LogP contribution is -1.47. The maximum atomic E-state index is 5.36. The standard InChI is InChI=1S/C3H2ClNS.C2H6/c4-3-5-1-2-6-3;1-2/h1-2H;1-2H3. The number of aromatic nitrogens is 1. The summed E-state index contributed by atoms with van der Waals surface area (Å²) in [7, 11) is 0. The lowest BCUT2D eigenvalue weighted by atomic mass is 11.0. The lowest BCUT2D eigenvalue weighted by molar-refractivity contribution is 1.43. The average Bonchev–Trinajstić information content (AvgIpc) is 2.24. The van der Waals surface area contributed by atoms with Crippen LogP contribution in [-0.4, -0.2) is 4.98 Å². The number of rotatable bonds is 0. The Labute approximate surface area is 58.3 Å². The van der Waals surface area contributed by atoms with E-state index in [1.165, 1.54) is 11.3 Å². The van der Waals surface area contributed by atoms with Crippen LogP contribution in [0, 0.1) is 0 Å². The third kappa shape index (κ3) is 2.99. The van der Waals surface area contributed by atoms with Gasteiger partial charge in [0.15, 0.2) is 4.47 Å². The van der Waals surface area contributed by atoms with Crippen LogP contribution in [0.15, 0.2) is 11.6 Å². The van der Waals surface area contributed by atoms with E-state index in [0.29, 0.717) is 4.47 Å². The Morgan fingerprint density at radius 1 is 1.62 bits per heavy atom. The van der Waals surface area contributed by atoms with Crippen LogP contribution in [0.5, 0.6) is 0 Å². The molecule has 0 radical (unpaired) electrons. The zero-order valence-corrected chi connectivity index (χ0v) is 6.46. The molecule has 1 aromatic heterocycles. The first-order chi connectivity index (χ1) is 3.89. The molecule has 0 saturated heterocycles. The molecule has 0 aliphatic rings. The van der Waals surface area contributed by atoms with E-state index in [1.807, 2.05) is 19.2 Å². The van der Waals surface area contributed by atoms with Gasteiger partial charge < -0.3 is 0 Å². The van der Waals surface area contributed by atoms with Gasteiger partial charge in [-0.3, -0.25) is 0 Å². The second-order valence-electron chi connectivity index (χ2n) is 0.785. The lowest BCUT2D eigenvalue weighted by Gasteiger charge is -1.61. The Kier molecular flexibility index (Phi) is 5.01. The molecule has 0 aromatic carbocycles. The van der Waals surface area contributed by atoms with Gasteiger partial charge in [-0.1, -0.05) is 25.4 Å². The normalized spacial score (nSPS) is 7.38. The maximum Gasteiger partial charge on any atom is 0.183 e. The van der Waals surface area contributed by atoms with Gasteiger partial charge >= 0.3 is 0 Å². The van der Waals surface area contributed by atoms with Crippen molar-refractivity contribution >= 4 is 22.9 Å². The predicted molar refractivity (Wildman–Crippen MR) is 38.5 cm³/mol. The van der Waals surface area contributed by atoms with E-state index in [0.717, 1.165) is 0 Å². The molecule has 0 N–H and O–H groups in total. The van der Waals surface area contributed by atoms with Crippen molar-refractivity contribution in [3.8, 4) is 0 Å². The molecule has 0 fully saturated rings. The van der Waals surface area contributed by atoms with Gasteiger partial charge in [0.25, 0.3) is 0 Å². The average molecular weight is 150 g/mol. The van der Waals surface area contributed by atoms with Crippen LogP contribution in [-0.2, 0) is 0 Å². The fraction of sp³-hybridized carbons (Fsp3) is 0.400. The van der Waals surface area contributed by atoms with Gasteiger partial charge in [0, 0.05) is 11.6 Å². The molecular formula is C5H8ClNS. The van der Waals surface area contributed by atoms with Crippen molar-refractivity contribution in [2.45, 2.75) is 13.8 Å². The van der Waals surface area contributed by atoms with Gasteiger partial charge in [-0.25, -0.2) is 4.98 Å². The largest absolute Gasteiger partial charge is 0.234 e. The van der Waals surface area contributed by atoms with Crippen molar-refractivity contribution in [1.29, 1.82) is 0 Å². The Hall–Kier alpha value is -0.0800. The molecule has 1 nitrogen and oxygen atoms in total. The maximum absolute atomic E-state index is 5.36. The van der Waals surface area contributed by atoms with Crippen molar-refractivity contribution in [3.05, 3.63) is 16.0 Å². The van der Waals surface area contributed by atoms with Crippen LogP contribution in [0.4, 0.5) is 0 Å². The molecule has 0 atom stereocenters. The number of hydrogen-bond acceptors (Lipinski definition) is 2. The minimum atomic E-state index is 0.606. The molecule has 1 heterocycles. The van der Waals surface area contributed by atoms with Gasteiger partial charge in [-0.15, -0.1) is 11.3 Å². The van der Waals surface area contributed by atoms with Crippen LogP contribution in [0.1, 0.15) is 13.8 Å². The summed E-state index contributed by atoms with van der Waals surface area (Å²) in [5.41, 5.74) is 0. The van der Waals surface area contributed by atoms with Crippen LogP contribution in [0.3, 0.4) is 0 Å². The Morgan fingerprint density at radius 2 is 2.25 bits per heavy atom. The second-order valence-corrected chi connectivity index (χ2v) is 2.26. The summed E-state index contributed by atoms with van der Waals surface area (Å²) in [6.45, 7) is 4.00. The molecule has 46 valence electrons. The van der Waals surface area contributed by atoms with Gasteiger partial charge in [-0.05, 0) is 0 Å². The van der Waals surface area contributed by atoms with Crippen LogP contribution < -0.4 is 0 Å². The van der Waals surface area contributed by atoms with E-state index in [-0.39, 0.29) is 0 Å². The molecule has 0 bridgehead atoms. The summed E-state index contributed by atoms with van der Waals surface area (Å²) in [5, 5.41) is 1.84. The van der Waals surface area contributed by atoms with Crippen molar-refractivity contribution in [2.75, 3.05) is 0 Å². The first-order valence-corrected chi connectivity index (χ1v) is 3.70. The van der Waals surface area contributed by atoms with Crippen LogP contribution >= 0.6 is 22.9 Å². The molecule has 3 heteroatoms. The smallest absolute Gasteiger partial charge is 0.183 e. The predicted octanol–water partition coefficient (Wildman–Crippen LogP) is 2.82. The Morgan fingerprint density at radius 3 is 2.38 bits per heavy atom. The van der Waals surface area contributed by atoms with E-state index in [9.17, 15) is 0 Å². The monoisotopic (exact) mass is 149 g/mol. The number of thiazole rings is 1. The second kappa shape index (κ2) is 5.06. The first-order valence-electron chi connectivity index (χ1n) is 2.44. The molecule has 8 heavy (non-hydrogen) atoms.